The van der Waals surface area contributed by atoms with E-state index in [-0.39, 0.29) is 12.6 Å². The van der Waals surface area contributed by atoms with E-state index in [1.165, 1.54) is 5.56 Å². The number of benzene rings is 1. The Morgan fingerprint density at radius 1 is 1.26 bits per heavy atom. The van der Waals surface area contributed by atoms with Crippen LogP contribution in [0.15, 0.2) is 35.3 Å². The molecule has 1 aliphatic rings. The van der Waals surface area contributed by atoms with Gasteiger partial charge in [0.05, 0.1) is 6.54 Å². The highest BCUT2D eigenvalue weighted by Gasteiger charge is 2.22. The molecule has 1 aromatic carbocycles. The van der Waals surface area contributed by atoms with E-state index >= 15 is 0 Å². The van der Waals surface area contributed by atoms with Crippen molar-refractivity contribution < 1.29 is 8.78 Å². The fourth-order valence-corrected chi connectivity index (χ4v) is 3.27. The molecule has 1 atom stereocenters. The molecule has 7 heteroatoms. The summed E-state index contributed by atoms with van der Waals surface area (Å²) in [5.41, 5.74) is 1.30. The molecule has 1 saturated heterocycles. The average Bonchev–Trinajstić information content (AvgIpc) is 2.66. The monoisotopic (exact) mass is 381 g/mol. The van der Waals surface area contributed by atoms with Crippen molar-refractivity contribution in [1.82, 2.24) is 20.4 Å². The van der Waals surface area contributed by atoms with E-state index < -0.39 is 6.43 Å². The molecular weight excluding hydrogens is 348 g/mol. The lowest BCUT2D eigenvalue weighted by molar-refractivity contribution is 0.0744. The zero-order valence-electron chi connectivity index (χ0n) is 16.7. The molecule has 2 N–H and O–H groups in total. The van der Waals surface area contributed by atoms with Crippen molar-refractivity contribution in [2.24, 2.45) is 4.99 Å². The predicted molar refractivity (Wildman–Crippen MR) is 107 cm³/mol. The van der Waals surface area contributed by atoms with Gasteiger partial charge in [-0.1, -0.05) is 30.3 Å². The van der Waals surface area contributed by atoms with E-state index in [0.717, 1.165) is 31.9 Å². The lowest BCUT2D eigenvalue weighted by atomic mass is 10.1. The summed E-state index contributed by atoms with van der Waals surface area (Å²) in [5.74, 6) is 0.780. The molecule has 1 heterocycles. The molecule has 1 fully saturated rings. The lowest BCUT2D eigenvalue weighted by Crippen LogP contribution is -2.51. The number of alkyl halides is 2. The third kappa shape index (κ3) is 7.81. The van der Waals surface area contributed by atoms with E-state index in [4.69, 9.17) is 0 Å². The maximum atomic E-state index is 12.5. The number of nitrogens with zero attached hydrogens (tertiary/aromatic N) is 3. The van der Waals surface area contributed by atoms with Crippen molar-refractivity contribution in [3.05, 3.63) is 35.9 Å². The molecule has 0 saturated carbocycles. The molecule has 0 aliphatic carbocycles. The van der Waals surface area contributed by atoms with Gasteiger partial charge in [-0.2, -0.15) is 0 Å². The van der Waals surface area contributed by atoms with Crippen LogP contribution in [0.25, 0.3) is 0 Å². The number of piperidine rings is 1. The van der Waals surface area contributed by atoms with Crippen molar-refractivity contribution in [2.45, 2.75) is 44.8 Å². The van der Waals surface area contributed by atoms with Gasteiger partial charge in [-0.05, 0) is 32.4 Å². The third-order valence-electron chi connectivity index (χ3n) is 5.14. The standard InChI is InChI=1S/C20H33F2N5/c1-16(26(3)14-17-7-5-4-6-8-17)13-24-20(23-2)25-18-9-11-27(12-10-18)15-19(21)22/h4-8,16,18-19H,9-15H2,1-3H3,(H2,23,24,25). The summed E-state index contributed by atoms with van der Waals surface area (Å²) >= 11 is 0. The Balaban J connectivity index is 1.70. The summed E-state index contributed by atoms with van der Waals surface area (Å²) < 4.78 is 24.9. The van der Waals surface area contributed by atoms with Crippen molar-refractivity contribution in [2.75, 3.05) is 40.3 Å². The van der Waals surface area contributed by atoms with Crippen molar-refractivity contribution in [1.29, 1.82) is 0 Å². The molecule has 27 heavy (non-hydrogen) atoms. The minimum Gasteiger partial charge on any atom is -0.355 e. The molecule has 0 bridgehead atoms. The van der Waals surface area contributed by atoms with Gasteiger partial charge in [-0.3, -0.25) is 14.8 Å². The second kappa shape index (κ2) is 11.2. The molecule has 1 unspecified atom stereocenters. The first-order valence-electron chi connectivity index (χ1n) is 9.69. The highest BCUT2D eigenvalue weighted by molar-refractivity contribution is 5.80. The zero-order chi connectivity index (χ0) is 19.6. The maximum Gasteiger partial charge on any atom is 0.251 e. The molecular formula is C20H33F2N5. The van der Waals surface area contributed by atoms with Crippen LogP contribution in [0.1, 0.15) is 25.3 Å². The topological polar surface area (TPSA) is 42.9 Å². The van der Waals surface area contributed by atoms with E-state index in [1.54, 1.807) is 7.05 Å². The van der Waals surface area contributed by atoms with Gasteiger partial charge >= 0.3 is 0 Å². The number of likely N-dealkylation sites (N-methyl/N-ethyl adjacent to an activating group) is 1. The lowest BCUT2D eigenvalue weighted by Gasteiger charge is -2.33. The van der Waals surface area contributed by atoms with Crippen LogP contribution < -0.4 is 10.6 Å². The average molecular weight is 382 g/mol. The molecule has 5 nitrogen and oxygen atoms in total. The predicted octanol–water partition coefficient (Wildman–Crippen LogP) is 2.40. The van der Waals surface area contributed by atoms with Gasteiger partial charge in [0.15, 0.2) is 5.96 Å². The molecule has 1 aromatic rings. The second-order valence-electron chi connectivity index (χ2n) is 7.31. The van der Waals surface area contributed by atoms with Crippen molar-refractivity contribution in [3.63, 3.8) is 0 Å². The minimum absolute atomic E-state index is 0.120. The Morgan fingerprint density at radius 2 is 1.93 bits per heavy atom. The summed E-state index contributed by atoms with van der Waals surface area (Å²) in [4.78, 5) is 8.44. The Bertz CT molecular complexity index is 559. The maximum absolute atomic E-state index is 12.5. The molecule has 0 amide bonds. The molecule has 2 rings (SSSR count). The first-order valence-corrected chi connectivity index (χ1v) is 9.69. The number of guanidine groups is 1. The largest absolute Gasteiger partial charge is 0.355 e. The van der Waals surface area contributed by atoms with E-state index in [1.807, 2.05) is 11.0 Å². The minimum atomic E-state index is -2.25. The van der Waals surface area contributed by atoms with Gasteiger partial charge < -0.3 is 10.6 Å². The molecule has 0 radical (unpaired) electrons. The van der Waals surface area contributed by atoms with Gasteiger partial charge in [0.25, 0.3) is 6.43 Å². The first kappa shape index (κ1) is 21.6. The second-order valence-corrected chi connectivity index (χ2v) is 7.31. The van der Waals surface area contributed by atoms with Crippen molar-refractivity contribution >= 4 is 5.96 Å². The SMILES string of the molecule is CN=C(NCC(C)N(C)Cc1ccccc1)NC1CCN(CC(F)F)CC1. The fraction of sp³-hybridized carbons (Fsp3) is 0.650. The van der Waals surface area contributed by atoms with Crippen molar-refractivity contribution in [3.8, 4) is 0 Å². The molecule has 1 aliphatic heterocycles. The highest BCUT2D eigenvalue weighted by Crippen LogP contribution is 2.12. The summed E-state index contributed by atoms with van der Waals surface area (Å²) in [5, 5.41) is 6.82. The van der Waals surface area contributed by atoms with Crippen LogP contribution >= 0.6 is 0 Å². The van der Waals surface area contributed by atoms with Crippen LogP contribution in [0.5, 0.6) is 0 Å². The van der Waals surface area contributed by atoms with Crippen LogP contribution in [0.2, 0.25) is 0 Å². The third-order valence-corrected chi connectivity index (χ3v) is 5.14. The Morgan fingerprint density at radius 3 is 2.52 bits per heavy atom. The summed E-state index contributed by atoms with van der Waals surface area (Å²) in [6.45, 7) is 5.16. The van der Waals surface area contributed by atoms with Crippen LogP contribution in [-0.2, 0) is 6.54 Å². The Labute approximate surface area is 161 Å². The van der Waals surface area contributed by atoms with E-state index in [2.05, 4.69) is 58.8 Å². The molecule has 0 spiro atoms. The summed E-state index contributed by atoms with van der Waals surface area (Å²) in [6.07, 6.45) is -0.536. The smallest absolute Gasteiger partial charge is 0.251 e. The number of hydrogen-bond acceptors (Lipinski definition) is 3. The fourth-order valence-electron chi connectivity index (χ4n) is 3.27. The van der Waals surface area contributed by atoms with E-state index in [0.29, 0.717) is 19.1 Å². The van der Waals surface area contributed by atoms with Gasteiger partial charge in [0.1, 0.15) is 0 Å². The van der Waals surface area contributed by atoms with E-state index in [9.17, 15) is 8.78 Å². The first-order chi connectivity index (χ1) is 13.0. The van der Waals surface area contributed by atoms with Gasteiger partial charge in [-0.25, -0.2) is 8.78 Å². The van der Waals surface area contributed by atoms with Gasteiger partial charge in [0.2, 0.25) is 0 Å². The quantitative estimate of drug-likeness (QED) is 0.536. The molecule has 152 valence electrons. The highest BCUT2D eigenvalue weighted by atomic mass is 19.3. The Kier molecular flexibility index (Phi) is 8.94. The Hall–Kier alpha value is -1.73. The van der Waals surface area contributed by atoms with Crippen LogP contribution in [0, 0.1) is 0 Å². The van der Waals surface area contributed by atoms with Crippen LogP contribution in [0.4, 0.5) is 8.78 Å². The van der Waals surface area contributed by atoms with Gasteiger partial charge in [0, 0.05) is 45.3 Å². The zero-order valence-corrected chi connectivity index (χ0v) is 16.7. The normalized spacial score (nSPS) is 18.1. The number of likely N-dealkylation sites (tertiary alicyclic amines) is 1. The number of rotatable bonds is 8. The molecule has 0 aromatic heterocycles. The number of hydrogen-bond donors (Lipinski definition) is 2. The number of aliphatic imine (C=N–C) groups is 1. The number of nitrogens with one attached hydrogen (secondary N) is 2. The van der Waals surface area contributed by atoms with Gasteiger partial charge in [-0.15, -0.1) is 0 Å². The van der Waals surface area contributed by atoms with Crippen LogP contribution in [-0.4, -0.2) is 74.5 Å². The summed E-state index contributed by atoms with van der Waals surface area (Å²) in [6, 6.07) is 11.0. The number of halogens is 2. The summed E-state index contributed by atoms with van der Waals surface area (Å²) in [7, 11) is 3.88. The van der Waals surface area contributed by atoms with Crippen LogP contribution in [0.3, 0.4) is 0 Å².